The Kier molecular flexibility index (Phi) is 2.89. The molecule has 0 heterocycles. The van der Waals surface area contributed by atoms with Crippen LogP contribution in [0.4, 0.5) is 14.5 Å². The molecule has 1 atom stereocenters. The summed E-state index contributed by atoms with van der Waals surface area (Å²) < 4.78 is 26.2. The van der Waals surface area contributed by atoms with E-state index in [1.165, 1.54) is 18.9 Å². The van der Waals surface area contributed by atoms with Gasteiger partial charge >= 0.3 is 0 Å². The monoisotopic (exact) mass is 211 g/mol. The van der Waals surface area contributed by atoms with Crippen molar-refractivity contribution in [1.29, 1.82) is 0 Å². The van der Waals surface area contributed by atoms with Crippen molar-refractivity contribution in [3.8, 4) is 0 Å². The molecule has 1 saturated carbocycles. The molecule has 1 nitrogen and oxygen atoms in total. The summed E-state index contributed by atoms with van der Waals surface area (Å²) in [5.74, 6) is -0.141. The van der Waals surface area contributed by atoms with E-state index in [-0.39, 0.29) is 17.5 Å². The van der Waals surface area contributed by atoms with Crippen LogP contribution in [0.2, 0.25) is 0 Å². The molecule has 2 rings (SSSR count). The SMILES string of the molecule is CCC(Nc1cc(F)ccc1F)C1CC1. The van der Waals surface area contributed by atoms with Crippen LogP contribution in [0, 0.1) is 17.6 Å². The molecule has 0 spiro atoms. The highest BCUT2D eigenvalue weighted by Gasteiger charge is 2.30. The summed E-state index contributed by atoms with van der Waals surface area (Å²) >= 11 is 0. The largest absolute Gasteiger partial charge is 0.380 e. The molecule has 0 amide bonds. The fraction of sp³-hybridized carbons (Fsp3) is 0.500. The first-order valence-corrected chi connectivity index (χ1v) is 5.42. The Morgan fingerprint density at radius 3 is 2.73 bits per heavy atom. The zero-order valence-electron chi connectivity index (χ0n) is 8.76. The fourth-order valence-electron chi connectivity index (χ4n) is 1.86. The van der Waals surface area contributed by atoms with Gasteiger partial charge in [0, 0.05) is 6.04 Å². The van der Waals surface area contributed by atoms with E-state index in [1.807, 2.05) is 0 Å². The predicted octanol–water partition coefficient (Wildman–Crippen LogP) is 3.57. The molecule has 0 bridgehead atoms. The predicted molar refractivity (Wildman–Crippen MR) is 56.8 cm³/mol. The number of hydrogen-bond donors (Lipinski definition) is 1. The van der Waals surface area contributed by atoms with Crippen LogP contribution in [0.15, 0.2) is 18.2 Å². The molecule has 0 saturated heterocycles. The van der Waals surface area contributed by atoms with Gasteiger partial charge in [-0.15, -0.1) is 0 Å². The molecule has 1 aromatic rings. The molecule has 3 heteroatoms. The van der Waals surface area contributed by atoms with Crippen molar-refractivity contribution >= 4 is 5.69 Å². The third-order valence-electron chi connectivity index (χ3n) is 2.90. The lowest BCUT2D eigenvalue weighted by Gasteiger charge is -2.18. The number of benzene rings is 1. The van der Waals surface area contributed by atoms with Crippen molar-refractivity contribution in [2.75, 3.05) is 5.32 Å². The van der Waals surface area contributed by atoms with Crippen molar-refractivity contribution in [1.82, 2.24) is 0 Å². The van der Waals surface area contributed by atoms with Crippen LogP contribution >= 0.6 is 0 Å². The van der Waals surface area contributed by atoms with Gasteiger partial charge in [0.2, 0.25) is 0 Å². The average Bonchev–Trinajstić information content (AvgIpc) is 3.03. The molecule has 1 aromatic carbocycles. The standard InChI is InChI=1S/C12H15F2N/c1-2-11(8-3-4-8)15-12-7-9(13)5-6-10(12)14/h5-8,11,15H,2-4H2,1H3. The van der Waals surface area contributed by atoms with E-state index in [2.05, 4.69) is 12.2 Å². The Labute approximate surface area is 88.5 Å². The molecule has 0 aliphatic heterocycles. The highest BCUT2D eigenvalue weighted by Crippen LogP contribution is 2.35. The summed E-state index contributed by atoms with van der Waals surface area (Å²) in [4.78, 5) is 0. The summed E-state index contributed by atoms with van der Waals surface area (Å²) in [7, 11) is 0. The number of rotatable bonds is 4. The van der Waals surface area contributed by atoms with Crippen LogP contribution in [0.1, 0.15) is 26.2 Å². The summed E-state index contributed by atoms with van der Waals surface area (Å²) in [5.41, 5.74) is 0.286. The van der Waals surface area contributed by atoms with Crippen LogP contribution in [0.3, 0.4) is 0 Å². The lowest BCUT2D eigenvalue weighted by molar-refractivity contribution is 0.582. The maximum absolute atomic E-state index is 13.3. The number of nitrogens with one attached hydrogen (secondary N) is 1. The Balaban J connectivity index is 2.11. The molecule has 1 aliphatic rings. The van der Waals surface area contributed by atoms with Crippen molar-refractivity contribution in [2.24, 2.45) is 5.92 Å². The zero-order valence-corrected chi connectivity index (χ0v) is 8.76. The third-order valence-corrected chi connectivity index (χ3v) is 2.90. The number of hydrogen-bond acceptors (Lipinski definition) is 1. The number of halogens is 2. The molecule has 0 radical (unpaired) electrons. The van der Waals surface area contributed by atoms with E-state index < -0.39 is 5.82 Å². The zero-order chi connectivity index (χ0) is 10.8. The quantitative estimate of drug-likeness (QED) is 0.802. The molecule has 1 fully saturated rings. The molecular formula is C12H15F2N. The maximum atomic E-state index is 13.3. The first kappa shape index (κ1) is 10.4. The minimum absolute atomic E-state index is 0.279. The van der Waals surface area contributed by atoms with Gasteiger partial charge in [0.15, 0.2) is 0 Å². The fourth-order valence-corrected chi connectivity index (χ4v) is 1.86. The molecule has 1 aliphatic carbocycles. The molecule has 1 unspecified atom stereocenters. The summed E-state index contributed by atoms with van der Waals surface area (Å²) in [6.45, 7) is 2.06. The second-order valence-corrected chi connectivity index (χ2v) is 4.12. The van der Waals surface area contributed by atoms with Gasteiger partial charge in [0.1, 0.15) is 11.6 Å². The molecular weight excluding hydrogens is 196 g/mol. The first-order chi connectivity index (χ1) is 7.20. The second kappa shape index (κ2) is 4.17. The molecule has 15 heavy (non-hydrogen) atoms. The van der Waals surface area contributed by atoms with Gasteiger partial charge in [-0.2, -0.15) is 0 Å². The van der Waals surface area contributed by atoms with Crippen molar-refractivity contribution in [3.63, 3.8) is 0 Å². The maximum Gasteiger partial charge on any atom is 0.146 e. The smallest absolute Gasteiger partial charge is 0.146 e. The van der Waals surface area contributed by atoms with E-state index in [0.29, 0.717) is 5.92 Å². The van der Waals surface area contributed by atoms with Crippen molar-refractivity contribution in [3.05, 3.63) is 29.8 Å². The van der Waals surface area contributed by atoms with Gasteiger partial charge in [0.25, 0.3) is 0 Å². The van der Waals surface area contributed by atoms with Crippen LogP contribution < -0.4 is 5.32 Å². The Morgan fingerprint density at radius 1 is 1.40 bits per heavy atom. The van der Waals surface area contributed by atoms with Crippen molar-refractivity contribution < 1.29 is 8.78 Å². The van der Waals surface area contributed by atoms with Crippen LogP contribution in [0.25, 0.3) is 0 Å². The van der Waals surface area contributed by atoms with E-state index in [0.717, 1.165) is 18.6 Å². The van der Waals surface area contributed by atoms with Gasteiger partial charge in [-0.25, -0.2) is 8.78 Å². The summed E-state index contributed by atoms with van der Waals surface area (Å²) in [6, 6.07) is 3.80. The lowest BCUT2D eigenvalue weighted by Crippen LogP contribution is -2.21. The third kappa shape index (κ3) is 2.46. The average molecular weight is 211 g/mol. The summed E-state index contributed by atoms with van der Waals surface area (Å²) in [5, 5.41) is 3.08. The Morgan fingerprint density at radius 2 is 2.13 bits per heavy atom. The van der Waals surface area contributed by atoms with Crippen LogP contribution in [-0.4, -0.2) is 6.04 Å². The highest BCUT2D eigenvalue weighted by atomic mass is 19.1. The Hall–Kier alpha value is -1.12. The minimum Gasteiger partial charge on any atom is -0.380 e. The van der Waals surface area contributed by atoms with Gasteiger partial charge in [-0.3, -0.25) is 0 Å². The van der Waals surface area contributed by atoms with Gasteiger partial charge in [0.05, 0.1) is 5.69 Å². The number of anilines is 1. The normalized spacial score (nSPS) is 17.5. The van der Waals surface area contributed by atoms with Gasteiger partial charge in [-0.1, -0.05) is 6.92 Å². The van der Waals surface area contributed by atoms with Gasteiger partial charge < -0.3 is 5.32 Å². The van der Waals surface area contributed by atoms with E-state index >= 15 is 0 Å². The lowest BCUT2D eigenvalue weighted by atomic mass is 10.1. The Bertz CT molecular complexity index is 347. The van der Waals surface area contributed by atoms with E-state index in [1.54, 1.807) is 0 Å². The van der Waals surface area contributed by atoms with Gasteiger partial charge in [-0.05, 0) is 43.4 Å². The second-order valence-electron chi connectivity index (χ2n) is 4.12. The van der Waals surface area contributed by atoms with E-state index in [4.69, 9.17) is 0 Å². The topological polar surface area (TPSA) is 12.0 Å². The molecule has 82 valence electrons. The van der Waals surface area contributed by atoms with E-state index in [9.17, 15) is 8.78 Å². The minimum atomic E-state index is -0.399. The highest BCUT2D eigenvalue weighted by molar-refractivity contribution is 5.46. The molecule has 0 aromatic heterocycles. The molecule has 1 N–H and O–H groups in total. The van der Waals surface area contributed by atoms with Crippen LogP contribution in [0.5, 0.6) is 0 Å². The van der Waals surface area contributed by atoms with Crippen LogP contribution in [-0.2, 0) is 0 Å². The first-order valence-electron chi connectivity index (χ1n) is 5.42. The summed E-state index contributed by atoms with van der Waals surface area (Å²) in [6.07, 6.45) is 3.34. The van der Waals surface area contributed by atoms with Crippen molar-refractivity contribution in [2.45, 2.75) is 32.2 Å².